The van der Waals surface area contributed by atoms with Gasteiger partial charge < -0.3 is 14.8 Å². The van der Waals surface area contributed by atoms with Crippen LogP contribution in [0.2, 0.25) is 10.0 Å². The largest absolute Gasteiger partial charge is 0.468 e. The number of carbonyl (C=O) groups excluding carboxylic acids is 2. The van der Waals surface area contributed by atoms with Gasteiger partial charge in [0.1, 0.15) is 11.4 Å². The zero-order chi connectivity index (χ0) is 23.6. The first-order valence-corrected chi connectivity index (χ1v) is 10.2. The molecule has 10 heteroatoms. The Morgan fingerprint density at radius 3 is 2.31 bits per heavy atom. The van der Waals surface area contributed by atoms with Crippen molar-refractivity contribution in [1.82, 2.24) is 9.55 Å². The first kappa shape index (κ1) is 23.6. The average Bonchev–Trinajstić information content (AvgIpc) is 3.05. The number of carbonyl (C=O) groups is 2. The average molecular weight is 480 g/mol. The maximum atomic E-state index is 13.5. The van der Waals surface area contributed by atoms with Crippen LogP contribution in [-0.2, 0) is 4.74 Å². The van der Waals surface area contributed by atoms with E-state index in [2.05, 4.69) is 10.3 Å². The minimum Gasteiger partial charge on any atom is -0.468 e. The number of anilines is 1. The molecular weight excluding hydrogens is 460 g/mol. The maximum Gasteiger partial charge on any atom is 0.359 e. The van der Waals surface area contributed by atoms with Crippen molar-refractivity contribution in [3.63, 3.8) is 0 Å². The molecule has 0 saturated heterocycles. The number of imidazole rings is 1. The Kier molecular flexibility index (Phi) is 6.76. The number of ether oxygens (including phenoxy) is 2. The molecule has 2 aromatic carbocycles. The Morgan fingerprint density at radius 2 is 1.75 bits per heavy atom. The molecule has 0 aliphatic carbocycles. The number of esters is 1. The summed E-state index contributed by atoms with van der Waals surface area (Å²) >= 11 is 12.0. The molecule has 0 aliphatic rings. The van der Waals surface area contributed by atoms with E-state index in [0.29, 0.717) is 10.7 Å². The smallest absolute Gasteiger partial charge is 0.359 e. The lowest BCUT2D eigenvalue weighted by Gasteiger charge is -2.20. The molecule has 3 aromatic rings. The lowest BCUT2D eigenvalue weighted by Crippen LogP contribution is -2.26. The highest BCUT2D eigenvalue weighted by Crippen LogP contribution is 2.30. The van der Waals surface area contributed by atoms with Crippen molar-refractivity contribution in [3.8, 4) is 11.7 Å². The molecule has 168 valence electrons. The van der Waals surface area contributed by atoms with Crippen molar-refractivity contribution in [2.24, 2.45) is 0 Å². The zero-order valence-corrected chi connectivity index (χ0v) is 19.2. The van der Waals surface area contributed by atoms with Crippen LogP contribution < -0.4 is 10.1 Å². The van der Waals surface area contributed by atoms with Gasteiger partial charge in [-0.2, -0.15) is 4.98 Å². The summed E-state index contributed by atoms with van der Waals surface area (Å²) < 4.78 is 25.6. The lowest BCUT2D eigenvalue weighted by molar-refractivity contribution is 0.00610. The van der Waals surface area contributed by atoms with Crippen LogP contribution in [0.3, 0.4) is 0 Å². The summed E-state index contributed by atoms with van der Waals surface area (Å²) in [6, 6.07) is 9.68. The summed E-state index contributed by atoms with van der Waals surface area (Å²) in [5.41, 5.74) is -0.437. The van der Waals surface area contributed by atoms with Crippen molar-refractivity contribution in [2.45, 2.75) is 26.4 Å². The third-order valence-corrected chi connectivity index (χ3v) is 4.66. The van der Waals surface area contributed by atoms with Crippen LogP contribution in [0.15, 0.2) is 42.5 Å². The molecule has 0 atom stereocenters. The maximum absolute atomic E-state index is 13.5. The summed E-state index contributed by atoms with van der Waals surface area (Å²) in [5.74, 6) is -1.97. The second-order valence-corrected chi connectivity index (χ2v) is 8.53. The fraction of sp³-hybridized carbons (Fsp3) is 0.227. The normalized spacial score (nSPS) is 11.2. The number of hydrogen-bond acceptors (Lipinski definition) is 5. The molecule has 1 N–H and O–H groups in total. The van der Waals surface area contributed by atoms with Gasteiger partial charge in [0.15, 0.2) is 11.5 Å². The summed E-state index contributed by atoms with van der Waals surface area (Å²) in [7, 11) is 1.35. The van der Waals surface area contributed by atoms with Gasteiger partial charge in [-0.15, -0.1) is 0 Å². The first-order valence-electron chi connectivity index (χ1n) is 9.42. The van der Waals surface area contributed by atoms with Crippen molar-refractivity contribution >= 4 is 40.9 Å². The lowest BCUT2D eigenvalue weighted by atomic mass is 10.2. The van der Waals surface area contributed by atoms with Crippen LogP contribution in [0.1, 0.15) is 41.6 Å². The molecule has 3 rings (SSSR count). The van der Waals surface area contributed by atoms with Gasteiger partial charge >= 0.3 is 12.0 Å². The zero-order valence-electron chi connectivity index (χ0n) is 17.7. The molecule has 0 aliphatic heterocycles. The second kappa shape index (κ2) is 9.18. The Hall–Kier alpha value is -3.10. The van der Waals surface area contributed by atoms with Crippen LogP contribution in [0.4, 0.5) is 10.2 Å². The van der Waals surface area contributed by atoms with Gasteiger partial charge in [-0.05, 0) is 63.2 Å². The van der Waals surface area contributed by atoms with Crippen LogP contribution in [0, 0.1) is 5.82 Å². The van der Waals surface area contributed by atoms with Crippen LogP contribution >= 0.6 is 23.2 Å². The van der Waals surface area contributed by atoms with E-state index in [9.17, 15) is 14.0 Å². The van der Waals surface area contributed by atoms with Gasteiger partial charge in [-0.3, -0.25) is 9.36 Å². The van der Waals surface area contributed by atoms with Gasteiger partial charge in [0, 0.05) is 5.02 Å². The van der Waals surface area contributed by atoms with Crippen LogP contribution in [-0.4, -0.2) is 34.1 Å². The number of benzene rings is 2. The van der Waals surface area contributed by atoms with Gasteiger partial charge in [0.25, 0.3) is 5.91 Å². The number of amides is 1. The third-order valence-electron chi connectivity index (χ3n) is 4.11. The highest BCUT2D eigenvalue weighted by molar-refractivity contribution is 6.37. The summed E-state index contributed by atoms with van der Waals surface area (Å²) in [5, 5.41) is 3.06. The minimum absolute atomic E-state index is 0.0185. The number of aromatic nitrogens is 2. The summed E-state index contributed by atoms with van der Waals surface area (Å²) in [6.45, 7) is 5.10. The summed E-state index contributed by atoms with van der Waals surface area (Å²) in [6.07, 6.45) is 0. The Labute approximate surface area is 194 Å². The van der Waals surface area contributed by atoms with Crippen molar-refractivity contribution in [2.75, 3.05) is 12.4 Å². The fourth-order valence-electron chi connectivity index (χ4n) is 2.82. The number of methoxy groups -OCH3 is 1. The van der Waals surface area contributed by atoms with Crippen LogP contribution in [0.25, 0.3) is 5.69 Å². The number of halogens is 3. The monoisotopic (exact) mass is 479 g/mol. The molecule has 1 heterocycles. The Balaban J connectivity index is 2.13. The van der Waals surface area contributed by atoms with E-state index >= 15 is 0 Å². The molecule has 1 aromatic heterocycles. The molecule has 0 unspecified atom stereocenters. The summed E-state index contributed by atoms with van der Waals surface area (Å²) in [4.78, 5) is 30.2. The molecular formula is C22H20Cl2FN3O4. The molecule has 7 nitrogen and oxygen atoms in total. The van der Waals surface area contributed by atoms with E-state index < -0.39 is 23.3 Å². The van der Waals surface area contributed by atoms with Crippen molar-refractivity contribution < 1.29 is 23.5 Å². The van der Waals surface area contributed by atoms with Gasteiger partial charge in [0.05, 0.1) is 23.4 Å². The Morgan fingerprint density at radius 1 is 1.09 bits per heavy atom. The number of nitrogens with zero attached hydrogens (tertiary/aromatic N) is 2. The highest BCUT2D eigenvalue weighted by Gasteiger charge is 2.30. The molecule has 0 fully saturated rings. The highest BCUT2D eigenvalue weighted by atomic mass is 35.5. The predicted octanol–water partition coefficient (Wildman–Crippen LogP) is 5.53. The fourth-order valence-corrected chi connectivity index (χ4v) is 3.31. The molecule has 0 bridgehead atoms. The standard InChI is InChI=1S/C22H20Cl2FN3O4/c1-22(2,3)32-20(30)17-18(26-19(29)15-10-5-12(23)11-16(15)24)27-21(31-4)28(17)14-8-6-13(25)7-9-14/h5-11H,1-4H3,(H,26,29). The first-order chi connectivity index (χ1) is 15.0. The van der Waals surface area contributed by atoms with E-state index in [4.69, 9.17) is 32.7 Å². The molecule has 0 radical (unpaired) electrons. The van der Waals surface area contributed by atoms with E-state index in [1.54, 1.807) is 20.8 Å². The second-order valence-electron chi connectivity index (χ2n) is 7.69. The van der Waals surface area contributed by atoms with E-state index in [1.807, 2.05) is 0 Å². The molecule has 0 spiro atoms. The molecule has 32 heavy (non-hydrogen) atoms. The van der Waals surface area contributed by atoms with E-state index in [0.717, 1.165) is 0 Å². The number of rotatable bonds is 5. The predicted molar refractivity (Wildman–Crippen MR) is 120 cm³/mol. The molecule has 1 amide bonds. The number of hydrogen-bond donors (Lipinski definition) is 1. The van der Waals surface area contributed by atoms with Crippen LogP contribution in [0.5, 0.6) is 6.01 Å². The van der Waals surface area contributed by atoms with Crippen molar-refractivity contribution in [3.05, 3.63) is 69.6 Å². The topological polar surface area (TPSA) is 82.4 Å². The van der Waals surface area contributed by atoms with E-state index in [1.165, 1.54) is 54.1 Å². The van der Waals surface area contributed by atoms with Gasteiger partial charge in [-0.1, -0.05) is 23.2 Å². The quantitative estimate of drug-likeness (QED) is 0.486. The minimum atomic E-state index is -0.830. The Bertz CT molecular complexity index is 1170. The van der Waals surface area contributed by atoms with E-state index in [-0.39, 0.29) is 28.1 Å². The van der Waals surface area contributed by atoms with Gasteiger partial charge in [0.2, 0.25) is 0 Å². The SMILES string of the molecule is COc1nc(NC(=O)c2ccc(Cl)cc2Cl)c(C(=O)OC(C)(C)C)n1-c1ccc(F)cc1. The van der Waals surface area contributed by atoms with Crippen molar-refractivity contribution in [1.29, 1.82) is 0 Å². The van der Waals surface area contributed by atoms with Gasteiger partial charge in [-0.25, -0.2) is 9.18 Å². The molecule has 0 saturated carbocycles. The third kappa shape index (κ3) is 5.20. The number of nitrogens with one attached hydrogen (secondary N) is 1.